The van der Waals surface area contributed by atoms with Gasteiger partial charge < -0.3 is 4.90 Å². The quantitative estimate of drug-likeness (QED) is 0.594. The van der Waals surface area contributed by atoms with Crippen LogP contribution < -0.4 is 4.90 Å². The summed E-state index contributed by atoms with van der Waals surface area (Å²) in [7, 11) is 0. The lowest BCUT2D eigenvalue weighted by molar-refractivity contribution is -0.384. The zero-order valence-electron chi connectivity index (χ0n) is 10.4. The van der Waals surface area contributed by atoms with E-state index in [1.54, 1.807) is 12.1 Å². The summed E-state index contributed by atoms with van der Waals surface area (Å²) in [6.07, 6.45) is 5.42. The summed E-state index contributed by atoms with van der Waals surface area (Å²) >= 11 is 0. The van der Waals surface area contributed by atoms with Crippen molar-refractivity contribution in [1.29, 1.82) is 0 Å². The van der Waals surface area contributed by atoms with E-state index in [0.717, 1.165) is 30.6 Å². The number of non-ortho nitro benzene ring substituents is 1. The molecule has 4 rings (SSSR count). The third kappa shape index (κ3) is 2.19. The molecule has 18 heavy (non-hydrogen) atoms. The van der Waals surface area contributed by atoms with Gasteiger partial charge in [-0.25, -0.2) is 0 Å². The highest BCUT2D eigenvalue weighted by Crippen LogP contribution is 2.36. The van der Waals surface area contributed by atoms with Crippen LogP contribution in [0.1, 0.15) is 25.7 Å². The Labute approximate surface area is 107 Å². The average molecular weight is 246 g/mol. The van der Waals surface area contributed by atoms with E-state index in [9.17, 15) is 10.1 Å². The molecule has 1 aliphatic carbocycles. The summed E-state index contributed by atoms with van der Waals surface area (Å²) in [4.78, 5) is 12.7. The number of hydrogen-bond acceptors (Lipinski definition) is 3. The van der Waals surface area contributed by atoms with E-state index in [-0.39, 0.29) is 10.6 Å². The van der Waals surface area contributed by atoms with Crippen LogP contribution in [0.15, 0.2) is 24.3 Å². The highest BCUT2D eigenvalue weighted by Gasteiger charge is 2.29. The van der Waals surface area contributed by atoms with Gasteiger partial charge in [-0.2, -0.15) is 0 Å². The highest BCUT2D eigenvalue weighted by atomic mass is 16.6. The third-order valence-electron chi connectivity index (χ3n) is 4.35. The second-order valence-corrected chi connectivity index (χ2v) is 5.57. The fourth-order valence-corrected chi connectivity index (χ4v) is 3.29. The number of benzene rings is 1. The molecule has 1 aromatic carbocycles. The Bertz CT molecular complexity index is 422. The number of fused-ring (bicyclic) bond motifs is 4. The minimum absolute atomic E-state index is 0.177. The smallest absolute Gasteiger partial charge is 0.269 e. The molecule has 2 aliphatic heterocycles. The van der Waals surface area contributed by atoms with E-state index >= 15 is 0 Å². The molecular weight excluding hydrogens is 228 g/mol. The predicted molar refractivity (Wildman–Crippen MR) is 70.8 cm³/mol. The Hall–Kier alpha value is -1.58. The van der Waals surface area contributed by atoms with Gasteiger partial charge in [0.15, 0.2) is 0 Å². The molecule has 0 spiro atoms. The van der Waals surface area contributed by atoms with Crippen LogP contribution in [0.4, 0.5) is 11.4 Å². The van der Waals surface area contributed by atoms with Gasteiger partial charge in [0, 0.05) is 30.9 Å². The zero-order valence-corrected chi connectivity index (χ0v) is 10.4. The van der Waals surface area contributed by atoms with Gasteiger partial charge in [-0.1, -0.05) is 0 Å². The summed E-state index contributed by atoms with van der Waals surface area (Å²) in [5, 5.41) is 10.6. The Morgan fingerprint density at radius 3 is 1.94 bits per heavy atom. The molecule has 96 valence electrons. The van der Waals surface area contributed by atoms with Crippen LogP contribution in [0.25, 0.3) is 0 Å². The van der Waals surface area contributed by atoms with E-state index in [0.29, 0.717) is 0 Å². The first-order valence-electron chi connectivity index (χ1n) is 6.72. The van der Waals surface area contributed by atoms with Crippen molar-refractivity contribution < 1.29 is 4.92 Å². The number of hydrogen-bond donors (Lipinski definition) is 0. The Kier molecular flexibility index (Phi) is 2.94. The predicted octanol–water partition coefficient (Wildman–Crippen LogP) is 3.22. The first kappa shape index (κ1) is 11.5. The Morgan fingerprint density at radius 1 is 1.00 bits per heavy atom. The number of rotatable bonds is 2. The molecule has 2 bridgehead atoms. The minimum Gasteiger partial charge on any atom is -0.371 e. The first-order chi connectivity index (χ1) is 8.72. The van der Waals surface area contributed by atoms with Crippen molar-refractivity contribution >= 4 is 11.4 Å². The molecule has 0 aromatic heterocycles. The van der Waals surface area contributed by atoms with Crippen molar-refractivity contribution in [2.24, 2.45) is 11.8 Å². The molecule has 1 aromatic rings. The standard InChI is InChI=1S/C14H18N2O2/c17-16(18)14-7-5-13(6-8-14)15-9-11-1-2-12(10-15)4-3-11/h5-8,11-12H,1-4,9-10H2. The maximum atomic E-state index is 10.6. The van der Waals surface area contributed by atoms with Crippen LogP contribution in [0.5, 0.6) is 0 Å². The summed E-state index contributed by atoms with van der Waals surface area (Å²) in [5.74, 6) is 1.64. The number of nitrogens with zero attached hydrogens (tertiary/aromatic N) is 2. The minimum atomic E-state index is -0.337. The molecule has 2 heterocycles. The summed E-state index contributed by atoms with van der Waals surface area (Å²) in [5.41, 5.74) is 1.32. The van der Waals surface area contributed by atoms with E-state index < -0.39 is 0 Å². The third-order valence-corrected chi connectivity index (χ3v) is 4.35. The van der Waals surface area contributed by atoms with Gasteiger partial charge in [-0.15, -0.1) is 0 Å². The molecule has 3 fully saturated rings. The molecule has 3 aliphatic rings. The molecular formula is C14H18N2O2. The molecule has 0 N–H and O–H groups in total. The van der Waals surface area contributed by atoms with Crippen LogP contribution >= 0.6 is 0 Å². The summed E-state index contributed by atoms with van der Waals surface area (Å²) in [6, 6.07) is 7.01. The van der Waals surface area contributed by atoms with E-state index in [1.165, 1.54) is 25.7 Å². The van der Waals surface area contributed by atoms with Crippen molar-refractivity contribution in [1.82, 2.24) is 0 Å². The molecule has 0 atom stereocenters. The van der Waals surface area contributed by atoms with Gasteiger partial charge in [-0.05, 0) is 49.7 Å². The van der Waals surface area contributed by atoms with Gasteiger partial charge in [0.25, 0.3) is 5.69 Å². The first-order valence-corrected chi connectivity index (χ1v) is 6.72. The van der Waals surface area contributed by atoms with Crippen LogP contribution in [0.2, 0.25) is 0 Å². The van der Waals surface area contributed by atoms with Crippen LogP contribution in [-0.2, 0) is 0 Å². The second-order valence-electron chi connectivity index (χ2n) is 5.57. The monoisotopic (exact) mass is 246 g/mol. The maximum absolute atomic E-state index is 10.6. The zero-order chi connectivity index (χ0) is 12.5. The van der Waals surface area contributed by atoms with Gasteiger partial charge in [-0.3, -0.25) is 10.1 Å². The largest absolute Gasteiger partial charge is 0.371 e. The van der Waals surface area contributed by atoms with Crippen molar-refractivity contribution in [2.45, 2.75) is 25.7 Å². The van der Waals surface area contributed by atoms with Crippen molar-refractivity contribution in [2.75, 3.05) is 18.0 Å². The topological polar surface area (TPSA) is 46.4 Å². The highest BCUT2D eigenvalue weighted by molar-refractivity contribution is 5.51. The normalized spacial score (nSPS) is 27.0. The maximum Gasteiger partial charge on any atom is 0.269 e. The SMILES string of the molecule is O=[N+]([O-])c1ccc(N2CC3CCC(CC3)C2)cc1. The molecule has 2 saturated heterocycles. The van der Waals surface area contributed by atoms with Crippen molar-refractivity contribution in [3.8, 4) is 0 Å². The van der Waals surface area contributed by atoms with Crippen LogP contribution in [-0.4, -0.2) is 18.0 Å². The van der Waals surface area contributed by atoms with Gasteiger partial charge >= 0.3 is 0 Å². The van der Waals surface area contributed by atoms with Crippen molar-refractivity contribution in [3.63, 3.8) is 0 Å². The number of anilines is 1. The lowest BCUT2D eigenvalue weighted by Crippen LogP contribution is -2.27. The van der Waals surface area contributed by atoms with Gasteiger partial charge in [0.1, 0.15) is 0 Å². The Balaban J connectivity index is 1.79. The molecule has 4 heteroatoms. The molecule has 0 unspecified atom stereocenters. The van der Waals surface area contributed by atoms with E-state index in [2.05, 4.69) is 4.90 Å². The van der Waals surface area contributed by atoms with Gasteiger partial charge in [0.2, 0.25) is 0 Å². The van der Waals surface area contributed by atoms with Crippen molar-refractivity contribution in [3.05, 3.63) is 34.4 Å². The molecule has 0 radical (unpaired) electrons. The lowest BCUT2D eigenvalue weighted by Gasteiger charge is -2.24. The molecule has 4 nitrogen and oxygen atoms in total. The van der Waals surface area contributed by atoms with Crippen LogP contribution in [0, 0.1) is 22.0 Å². The number of nitro benzene ring substituents is 1. The fraction of sp³-hybridized carbons (Fsp3) is 0.571. The second kappa shape index (κ2) is 4.59. The van der Waals surface area contributed by atoms with E-state index in [4.69, 9.17) is 0 Å². The molecule has 1 saturated carbocycles. The fourth-order valence-electron chi connectivity index (χ4n) is 3.29. The molecule has 0 amide bonds. The summed E-state index contributed by atoms with van der Waals surface area (Å²) < 4.78 is 0. The number of nitro groups is 1. The van der Waals surface area contributed by atoms with E-state index in [1.807, 2.05) is 12.1 Å². The van der Waals surface area contributed by atoms with Gasteiger partial charge in [0.05, 0.1) is 4.92 Å². The average Bonchev–Trinajstić information content (AvgIpc) is 2.72. The lowest BCUT2D eigenvalue weighted by atomic mass is 9.84. The summed E-state index contributed by atoms with van der Waals surface area (Å²) in [6.45, 7) is 2.24. The Morgan fingerprint density at radius 2 is 1.50 bits per heavy atom. The van der Waals surface area contributed by atoms with Crippen LogP contribution in [0.3, 0.4) is 0 Å².